The van der Waals surface area contributed by atoms with E-state index in [4.69, 9.17) is 9.15 Å². The van der Waals surface area contributed by atoms with E-state index in [0.717, 1.165) is 33.4 Å². The number of fused-ring (bicyclic) bond motifs is 1. The molecule has 2 aromatic carbocycles. The van der Waals surface area contributed by atoms with Crippen LogP contribution in [-0.4, -0.2) is 69.4 Å². The summed E-state index contributed by atoms with van der Waals surface area (Å²) in [5, 5.41) is 13.1. The highest BCUT2D eigenvalue weighted by atomic mass is 16.5. The van der Waals surface area contributed by atoms with Gasteiger partial charge in [0.2, 0.25) is 35.3 Å². The number of benzene rings is 2. The monoisotopic (exact) mass is 635 g/mol. The van der Waals surface area contributed by atoms with Gasteiger partial charge in [0, 0.05) is 5.56 Å². The van der Waals surface area contributed by atoms with E-state index in [1.54, 1.807) is 13.0 Å². The van der Waals surface area contributed by atoms with E-state index in [-0.39, 0.29) is 44.2 Å². The van der Waals surface area contributed by atoms with Crippen LogP contribution >= 0.6 is 0 Å². The molecule has 3 amide bonds. The van der Waals surface area contributed by atoms with Crippen LogP contribution in [0.15, 0.2) is 21.3 Å². The fraction of sp³-hybridized carbons (Fsp3) is 0.394. The fourth-order valence-electron chi connectivity index (χ4n) is 5.11. The molecule has 0 fully saturated rings. The summed E-state index contributed by atoms with van der Waals surface area (Å²) in [7, 11) is 0. The van der Waals surface area contributed by atoms with Crippen LogP contribution in [0.25, 0.3) is 22.3 Å². The standard InChI is InChI=1S/C33H41N5O8/c1-17-12-18(2)28-24(13-17)45-31(29-22(6)20(4)19(3)21(5)23(29)7)32(30(28)44)46-33(37-15-26(42)35-9-11-40)38-16-27(43)36-14-25(41)34-8-10-39/h10-13,33,37-38H,8-9,14-16H2,1-7H3,(H,34,41)(H,35,42)(H,36,43). The van der Waals surface area contributed by atoms with Gasteiger partial charge >= 0.3 is 0 Å². The first-order valence-electron chi connectivity index (χ1n) is 14.8. The highest BCUT2D eigenvalue weighted by Crippen LogP contribution is 2.39. The van der Waals surface area contributed by atoms with Crippen molar-refractivity contribution in [1.29, 1.82) is 0 Å². The van der Waals surface area contributed by atoms with Gasteiger partial charge in [0.1, 0.15) is 18.2 Å². The molecule has 13 heteroatoms. The Labute approximate surface area is 266 Å². The Bertz CT molecular complexity index is 1700. The van der Waals surface area contributed by atoms with Gasteiger partial charge in [0.25, 0.3) is 0 Å². The predicted octanol–water partition coefficient (Wildman–Crippen LogP) is 1.21. The maximum atomic E-state index is 14.2. The molecule has 0 bridgehead atoms. The molecule has 0 aliphatic carbocycles. The highest BCUT2D eigenvalue weighted by Gasteiger charge is 2.27. The molecule has 0 saturated carbocycles. The SMILES string of the molecule is Cc1cc(C)c2c(=O)c(OC(NCC(=O)NCC=O)NCC(=O)NCC(=O)NCC=O)c(-c3c(C)c(C)c(C)c(C)c3C)oc2c1. The van der Waals surface area contributed by atoms with Crippen LogP contribution in [0.2, 0.25) is 0 Å². The van der Waals surface area contributed by atoms with Crippen LogP contribution in [-0.2, 0) is 24.0 Å². The number of ether oxygens (including phenoxy) is 1. The molecule has 1 atom stereocenters. The second kappa shape index (κ2) is 15.9. The molecule has 5 N–H and O–H groups in total. The van der Waals surface area contributed by atoms with E-state index >= 15 is 0 Å². The molecule has 0 saturated heterocycles. The lowest BCUT2D eigenvalue weighted by molar-refractivity contribution is -0.126. The molecular weight excluding hydrogens is 594 g/mol. The van der Waals surface area contributed by atoms with Gasteiger partial charge in [-0.2, -0.15) is 0 Å². The van der Waals surface area contributed by atoms with Gasteiger partial charge in [0.15, 0.2) is 5.76 Å². The Hall–Kier alpha value is -4.88. The molecule has 3 rings (SSSR count). The first kappa shape index (κ1) is 35.6. The molecule has 1 unspecified atom stereocenters. The topological polar surface area (TPSA) is 185 Å². The van der Waals surface area contributed by atoms with Crippen molar-refractivity contribution >= 4 is 41.3 Å². The summed E-state index contributed by atoms with van der Waals surface area (Å²) < 4.78 is 12.7. The van der Waals surface area contributed by atoms with Gasteiger partial charge < -0.3 is 34.7 Å². The smallest absolute Gasteiger partial charge is 0.239 e. The van der Waals surface area contributed by atoms with Crippen LogP contribution < -0.4 is 36.7 Å². The molecule has 0 aliphatic rings. The van der Waals surface area contributed by atoms with E-state index in [1.165, 1.54) is 0 Å². The molecule has 13 nitrogen and oxygen atoms in total. The van der Waals surface area contributed by atoms with E-state index < -0.39 is 29.5 Å². The van der Waals surface area contributed by atoms with E-state index in [0.29, 0.717) is 34.7 Å². The number of rotatable bonds is 15. The minimum atomic E-state index is -1.28. The highest BCUT2D eigenvalue weighted by molar-refractivity contribution is 5.88. The lowest BCUT2D eigenvalue weighted by atomic mass is 9.88. The number of nitrogens with one attached hydrogen (secondary N) is 5. The van der Waals surface area contributed by atoms with Crippen LogP contribution in [0.1, 0.15) is 38.9 Å². The van der Waals surface area contributed by atoms with Gasteiger partial charge in [-0.25, -0.2) is 0 Å². The number of carbonyl (C=O) groups excluding carboxylic acids is 5. The van der Waals surface area contributed by atoms with Gasteiger partial charge in [-0.1, -0.05) is 6.07 Å². The molecule has 0 aliphatic heterocycles. The van der Waals surface area contributed by atoms with Crippen LogP contribution in [0, 0.1) is 48.5 Å². The Balaban J connectivity index is 2.09. The van der Waals surface area contributed by atoms with E-state index in [1.807, 2.05) is 47.6 Å². The molecule has 0 spiro atoms. The summed E-state index contributed by atoms with van der Waals surface area (Å²) >= 11 is 0. The first-order valence-corrected chi connectivity index (χ1v) is 14.8. The third-order valence-corrected chi connectivity index (χ3v) is 7.87. The van der Waals surface area contributed by atoms with Gasteiger partial charge in [-0.3, -0.25) is 29.8 Å². The van der Waals surface area contributed by atoms with E-state index in [2.05, 4.69) is 26.6 Å². The second-order valence-electron chi connectivity index (χ2n) is 11.0. The summed E-state index contributed by atoms with van der Waals surface area (Å²) in [5.74, 6) is -1.64. The summed E-state index contributed by atoms with van der Waals surface area (Å²) in [6.45, 7) is 12.1. The van der Waals surface area contributed by atoms with Crippen molar-refractivity contribution in [2.45, 2.75) is 54.8 Å². The largest absolute Gasteiger partial charge is 0.454 e. The minimum absolute atomic E-state index is 0.139. The van der Waals surface area contributed by atoms with Crippen molar-refractivity contribution in [3.8, 4) is 17.1 Å². The molecular formula is C33H41N5O8. The molecule has 0 radical (unpaired) electrons. The third-order valence-electron chi connectivity index (χ3n) is 7.87. The maximum Gasteiger partial charge on any atom is 0.239 e. The number of hydrogen-bond acceptors (Lipinski definition) is 10. The van der Waals surface area contributed by atoms with Crippen LogP contribution in [0.3, 0.4) is 0 Å². The van der Waals surface area contributed by atoms with E-state index in [9.17, 15) is 28.8 Å². The third kappa shape index (κ3) is 8.43. The Morgan fingerprint density at radius 3 is 1.78 bits per heavy atom. The lowest BCUT2D eigenvalue weighted by Gasteiger charge is -2.24. The van der Waals surface area contributed by atoms with Crippen molar-refractivity contribution in [3.05, 3.63) is 61.3 Å². The maximum absolute atomic E-state index is 14.2. The zero-order chi connectivity index (χ0) is 34.1. The normalized spacial score (nSPS) is 11.5. The quantitative estimate of drug-likeness (QED) is 0.120. The van der Waals surface area contributed by atoms with Crippen molar-refractivity contribution in [1.82, 2.24) is 26.6 Å². The van der Waals surface area contributed by atoms with Gasteiger partial charge in [-0.05, 0) is 93.5 Å². The Morgan fingerprint density at radius 2 is 1.24 bits per heavy atom. The zero-order valence-corrected chi connectivity index (χ0v) is 27.2. The number of aryl methyl sites for hydroxylation is 2. The average molecular weight is 636 g/mol. The first-order chi connectivity index (χ1) is 21.8. The Kier molecular flexibility index (Phi) is 12.3. The van der Waals surface area contributed by atoms with Crippen LogP contribution in [0.4, 0.5) is 0 Å². The zero-order valence-electron chi connectivity index (χ0n) is 27.2. The van der Waals surface area contributed by atoms with Crippen molar-refractivity contribution < 1.29 is 33.1 Å². The lowest BCUT2D eigenvalue weighted by Crippen LogP contribution is -2.53. The van der Waals surface area contributed by atoms with Crippen molar-refractivity contribution in [2.75, 3.05) is 32.7 Å². The molecule has 3 aromatic rings. The van der Waals surface area contributed by atoms with Crippen LogP contribution in [0.5, 0.6) is 5.75 Å². The van der Waals surface area contributed by atoms with Crippen molar-refractivity contribution in [3.63, 3.8) is 0 Å². The fourth-order valence-corrected chi connectivity index (χ4v) is 5.11. The number of carbonyl (C=O) groups is 5. The molecule has 1 aromatic heterocycles. The van der Waals surface area contributed by atoms with Crippen molar-refractivity contribution in [2.24, 2.45) is 0 Å². The summed E-state index contributed by atoms with van der Waals surface area (Å²) in [6, 6.07) is 3.65. The number of hydrogen-bond donors (Lipinski definition) is 5. The van der Waals surface area contributed by atoms with Gasteiger partial charge in [0.05, 0.1) is 38.1 Å². The molecule has 46 heavy (non-hydrogen) atoms. The Morgan fingerprint density at radius 1 is 0.739 bits per heavy atom. The molecule has 1 heterocycles. The second-order valence-corrected chi connectivity index (χ2v) is 11.0. The summed E-state index contributed by atoms with van der Waals surface area (Å²) in [5.41, 5.74) is 7.19. The number of aldehydes is 2. The predicted molar refractivity (Wildman–Crippen MR) is 173 cm³/mol. The average Bonchev–Trinajstić information content (AvgIpc) is 3.01. The minimum Gasteiger partial charge on any atom is -0.454 e. The molecule has 246 valence electrons. The number of amides is 3. The van der Waals surface area contributed by atoms with Gasteiger partial charge in [-0.15, -0.1) is 0 Å². The summed E-state index contributed by atoms with van der Waals surface area (Å²) in [6.07, 6.45) is -0.232. The summed E-state index contributed by atoms with van der Waals surface area (Å²) in [4.78, 5) is 72.1.